The predicted molar refractivity (Wildman–Crippen MR) is 134 cm³/mol. The van der Waals surface area contributed by atoms with Crippen LogP contribution in [0.3, 0.4) is 0 Å². The number of hydrazone groups is 1. The zero-order valence-electron chi connectivity index (χ0n) is 19.4. The first kappa shape index (κ1) is 23.8. The maximum Gasteiger partial charge on any atom is 0.335 e. The summed E-state index contributed by atoms with van der Waals surface area (Å²) in [4.78, 5) is 26.1. The van der Waals surface area contributed by atoms with Gasteiger partial charge in [0.05, 0.1) is 18.9 Å². The molecule has 1 aliphatic heterocycles. The standard InChI is InChI=1S/C27H27N3O5/c1-34-24-9-5-8-22(25(24)35-18-19-6-4-7-21(16-19)27(32)33)17-28-29-26(31)20-10-12-23(13-11-20)30-14-2-3-15-30/h4-13,16-17H,2-3,14-15,18H2,1H3,(H,29,31)(H,32,33)/b28-17-. The maximum atomic E-state index is 12.5. The molecule has 1 amide bonds. The number of methoxy groups -OCH3 is 1. The van der Waals surface area contributed by atoms with Crippen LogP contribution >= 0.6 is 0 Å². The molecule has 8 nitrogen and oxygen atoms in total. The van der Waals surface area contributed by atoms with Crippen LogP contribution in [-0.4, -0.2) is 43.4 Å². The highest BCUT2D eigenvalue weighted by Gasteiger charge is 2.14. The van der Waals surface area contributed by atoms with Gasteiger partial charge in [0.2, 0.25) is 0 Å². The zero-order chi connectivity index (χ0) is 24.6. The van der Waals surface area contributed by atoms with Gasteiger partial charge in [-0.15, -0.1) is 0 Å². The van der Waals surface area contributed by atoms with Crippen LogP contribution in [0, 0.1) is 0 Å². The third-order valence-corrected chi connectivity index (χ3v) is 5.76. The predicted octanol–water partition coefficient (Wildman–Crippen LogP) is 4.34. The van der Waals surface area contributed by atoms with Gasteiger partial charge in [-0.3, -0.25) is 4.79 Å². The van der Waals surface area contributed by atoms with Crippen LogP contribution in [0.1, 0.15) is 44.7 Å². The lowest BCUT2D eigenvalue weighted by atomic mass is 10.1. The van der Waals surface area contributed by atoms with Gasteiger partial charge in [-0.05, 0) is 66.9 Å². The molecule has 0 spiro atoms. The lowest BCUT2D eigenvalue weighted by molar-refractivity contribution is 0.0696. The second-order valence-corrected chi connectivity index (χ2v) is 8.11. The second-order valence-electron chi connectivity index (χ2n) is 8.11. The molecule has 3 aromatic carbocycles. The molecule has 0 unspecified atom stereocenters. The summed E-state index contributed by atoms with van der Waals surface area (Å²) in [6, 6.07) is 19.4. The Morgan fingerprint density at radius 1 is 1.03 bits per heavy atom. The lowest BCUT2D eigenvalue weighted by Gasteiger charge is -2.17. The van der Waals surface area contributed by atoms with Crippen molar-refractivity contribution >= 4 is 23.8 Å². The molecule has 8 heteroatoms. The molecule has 1 aliphatic rings. The number of anilines is 1. The molecule has 3 aromatic rings. The summed E-state index contributed by atoms with van der Waals surface area (Å²) in [7, 11) is 1.53. The highest BCUT2D eigenvalue weighted by molar-refractivity contribution is 5.95. The van der Waals surface area contributed by atoms with Crippen molar-refractivity contribution < 1.29 is 24.2 Å². The number of nitrogens with one attached hydrogen (secondary N) is 1. The van der Waals surface area contributed by atoms with Gasteiger partial charge in [-0.2, -0.15) is 5.10 Å². The molecule has 1 saturated heterocycles. The van der Waals surface area contributed by atoms with E-state index in [2.05, 4.69) is 15.4 Å². The van der Waals surface area contributed by atoms with Crippen LogP contribution in [0.25, 0.3) is 0 Å². The molecule has 1 fully saturated rings. The molecule has 0 radical (unpaired) electrons. The van der Waals surface area contributed by atoms with E-state index in [4.69, 9.17) is 9.47 Å². The second kappa shape index (κ2) is 11.2. The van der Waals surface area contributed by atoms with Crippen molar-refractivity contribution in [2.75, 3.05) is 25.1 Å². The number of carbonyl (C=O) groups excluding carboxylic acids is 1. The average molecular weight is 474 g/mol. The summed E-state index contributed by atoms with van der Waals surface area (Å²) in [6.45, 7) is 2.23. The highest BCUT2D eigenvalue weighted by Crippen LogP contribution is 2.31. The molecule has 35 heavy (non-hydrogen) atoms. The van der Waals surface area contributed by atoms with Crippen LogP contribution in [-0.2, 0) is 6.61 Å². The Balaban J connectivity index is 1.43. The topological polar surface area (TPSA) is 100 Å². The minimum Gasteiger partial charge on any atom is -0.493 e. The number of para-hydroxylation sites is 1. The van der Waals surface area contributed by atoms with E-state index >= 15 is 0 Å². The van der Waals surface area contributed by atoms with Gasteiger partial charge in [-0.25, -0.2) is 10.2 Å². The lowest BCUT2D eigenvalue weighted by Crippen LogP contribution is -2.19. The molecule has 0 bridgehead atoms. The van der Waals surface area contributed by atoms with Gasteiger partial charge in [0.15, 0.2) is 11.5 Å². The summed E-state index contributed by atoms with van der Waals surface area (Å²) < 4.78 is 11.4. The van der Waals surface area contributed by atoms with E-state index in [-0.39, 0.29) is 18.1 Å². The van der Waals surface area contributed by atoms with E-state index in [1.54, 1.807) is 48.5 Å². The van der Waals surface area contributed by atoms with Crippen molar-refractivity contribution in [2.45, 2.75) is 19.4 Å². The maximum absolute atomic E-state index is 12.5. The molecule has 4 rings (SSSR count). The third kappa shape index (κ3) is 5.97. The Hall–Kier alpha value is -4.33. The quantitative estimate of drug-likeness (QED) is 0.354. The summed E-state index contributed by atoms with van der Waals surface area (Å²) in [5, 5.41) is 13.3. The molecule has 0 aliphatic carbocycles. The largest absolute Gasteiger partial charge is 0.493 e. The highest BCUT2D eigenvalue weighted by atomic mass is 16.5. The van der Waals surface area contributed by atoms with Crippen molar-refractivity contribution in [1.29, 1.82) is 0 Å². The van der Waals surface area contributed by atoms with Crippen LogP contribution in [0.15, 0.2) is 71.8 Å². The minimum absolute atomic E-state index is 0.137. The van der Waals surface area contributed by atoms with Gasteiger partial charge >= 0.3 is 5.97 Å². The number of amides is 1. The van der Waals surface area contributed by atoms with E-state index in [9.17, 15) is 14.7 Å². The number of hydrogen-bond donors (Lipinski definition) is 2. The van der Waals surface area contributed by atoms with Crippen LogP contribution < -0.4 is 19.8 Å². The summed E-state index contributed by atoms with van der Waals surface area (Å²) in [5.41, 5.74) is 5.67. The molecule has 0 aromatic heterocycles. The Bertz CT molecular complexity index is 1220. The molecule has 2 N–H and O–H groups in total. The molecule has 1 heterocycles. The number of aromatic carboxylic acids is 1. The Morgan fingerprint density at radius 2 is 1.77 bits per heavy atom. The van der Waals surface area contributed by atoms with Gasteiger partial charge in [0.1, 0.15) is 6.61 Å². The van der Waals surface area contributed by atoms with Crippen molar-refractivity contribution in [3.63, 3.8) is 0 Å². The Kier molecular flexibility index (Phi) is 7.62. The summed E-state index contributed by atoms with van der Waals surface area (Å²) in [5.74, 6) is -0.390. The fourth-order valence-corrected chi connectivity index (χ4v) is 3.92. The first-order chi connectivity index (χ1) is 17.0. The first-order valence-electron chi connectivity index (χ1n) is 11.4. The van der Waals surface area contributed by atoms with E-state index in [0.717, 1.165) is 18.8 Å². The molecule has 180 valence electrons. The van der Waals surface area contributed by atoms with Gasteiger partial charge < -0.3 is 19.5 Å². The van der Waals surface area contributed by atoms with Crippen LogP contribution in [0.5, 0.6) is 11.5 Å². The minimum atomic E-state index is -1.00. The number of nitrogens with zero attached hydrogens (tertiary/aromatic N) is 2. The third-order valence-electron chi connectivity index (χ3n) is 5.76. The van der Waals surface area contributed by atoms with E-state index < -0.39 is 5.97 Å². The number of carbonyl (C=O) groups is 2. The SMILES string of the molecule is COc1cccc(/C=N\NC(=O)c2ccc(N3CCCC3)cc2)c1OCc1cccc(C(=O)O)c1. The molecular weight excluding hydrogens is 446 g/mol. The normalized spacial score (nSPS) is 13.1. The molecule has 0 atom stereocenters. The van der Waals surface area contributed by atoms with Gasteiger partial charge in [0.25, 0.3) is 5.91 Å². The number of ether oxygens (including phenoxy) is 2. The molecule has 0 saturated carbocycles. The smallest absolute Gasteiger partial charge is 0.335 e. The van der Waals surface area contributed by atoms with Crippen molar-refractivity contribution in [2.24, 2.45) is 5.10 Å². The fourth-order valence-electron chi connectivity index (χ4n) is 3.92. The van der Waals surface area contributed by atoms with Crippen LogP contribution in [0.2, 0.25) is 0 Å². The average Bonchev–Trinajstić information content (AvgIpc) is 3.43. The monoisotopic (exact) mass is 473 g/mol. The van der Waals surface area contributed by atoms with Crippen molar-refractivity contribution in [1.82, 2.24) is 5.43 Å². The Morgan fingerprint density at radius 3 is 2.49 bits per heavy atom. The number of benzene rings is 3. The van der Waals surface area contributed by atoms with Gasteiger partial charge in [-0.1, -0.05) is 18.2 Å². The number of rotatable bonds is 9. The summed E-state index contributed by atoms with van der Waals surface area (Å²) in [6.07, 6.45) is 3.88. The van der Waals surface area contributed by atoms with Crippen LogP contribution in [0.4, 0.5) is 5.69 Å². The number of carboxylic acids is 1. The fraction of sp³-hybridized carbons (Fsp3) is 0.222. The number of carboxylic acid groups (broad SMARTS) is 1. The number of hydrogen-bond acceptors (Lipinski definition) is 6. The van der Waals surface area contributed by atoms with Crippen molar-refractivity contribution in [3.8, 4) is 11.5 Å². The van der Waals surface area contributed by atoms with E-state index in [0.29, 0.717) is 28.2 Å². The zero-order valence-corrected chi connectivity index (χ0v) is 19.4. The molecular formula is C27H27N3O5. The van der Waals surface area contributed by atoms with Crippen molar-refractivity contribution in [3.05, 3.63) is 89.0 Å². The first-order valence-corrected chi connectivity index (χ1v) is 11.4. The summed E-state index contributed by atoms with van der Waals surface area (Å²) >= 11 is 0. The Labute approximate surface area is 203 Å². The van der Waals surface area contributed by atoms with E-state index in [1.807, 2.05) is 12.1 Å². The van der Waals surface area contributed by atoms with Gasteiger partial charge in [0, 0.05) is 29.9 Å². The van der Waals surface area contributed by atoms with E-state index in [1.165, 1.54) is 32.2 Å².